The molecule has 6 aromatic rings. The number of aromatic nitrogens is 1. The van der Waals surface area contributed by atoms with Crippen LogP contribution in [0, 0.1) is 19.0 Å². The molecule has 4 aromatic carbocycles. The van der Waals surface area contributed by atoms with Crippen LogP contribution < -0.4 is 8.96 Å². The first kappa shape index (κ1) is 33.9. The number of fused-ring (bicyclic) bond motifs is 6. The Labute approximate surface area is 281 Å². The summed E-state index contributed by atoms with van der Waals surface area (Å²) in [5, 5.41) is 15.1. The maximum absolute atomic E-state index is 10.0. The van der Waals surface area contributed by atoms with Crippen LogP contribution in [0.25, 0.3) is 53.1 Å². The average Bonchev–Trinajstić information content (AvgIpc) is 3.30. The molecule has 0 aliphatic carbocycles. The number of hydrogen-bond acceptors (Lipinski definition) is 3. The van der Waals surface area contributed by atoms with Gasteiger partial charge in [0.05, 0.1) is 5.76 Å². The molecule has 2 aromatic heterocycles. The summed E-state index contributed by atoms with van der Waals surface area (Å²) >= 11 is -0.392. The van der Waals surface area contributed by atoms with Crippen molar-refractivity contribution in [3.05, 3.63) is 103 Å². The first-order valence-corrected chi connectivity index (χ1v) is 23.0. The fourth-order valence-corrected chi connectivity index (χ4v) is 10.3. The standard InChI is InChI=1S/C33H32GeNS.C5H8O2.Ir/c1-21(2)17-22-18-26-25-13-9-10-14-31(25)36-33(26)27(19-22)30-20-28(34(3,4)5)32-24-12-8-7-11-23(24)15-16-29(32)35(30)6;1-4(6)3-5(2)7;/h7-16,18,20-21H,6,17H2,1-5H3;3,6H,1-2H3;/q-1;;/b;4-3-;. The number of thiophene rings is 1. The summed E-state index contributed by atoms with van der Waals surface area (Å²) in [7, 11) is 4.63. The molecule has 6 heteroatoms. The quantitative estimate of drug-likeness (QED) is 0.0470. The fraction of sp³-hybridized carbons (Fsp3) is 0.237. The number of aliphatic hydroxyl groups is 1. The van der Waals surface area contributed by atoms with Gasteiger partial charge in [-0.3, -0.25) is 4.79 Å². The number of nitrogens with zero attached hydrogens (tertiary/aromatic N) is 1. The van der Waals surface area contributed by atoms with Gasteiger partial charge in [-0.1, -0.05) is 0 Å². The van der Waals surface area contributed by atoms with Gasteiger partial charge in [0.1, 0.15) is 0 Å². The van der Waals surface area contributed by atoms with E-state index < -0.39 is 13.3 Å². The number of pyridine rings is 1. The second-order valence-corrected chi connectivity index (χ2v) is 24.4. The topological polar surface area (TPSA) is 41.2 Å². The van der Waals surface area contributed by atoms with Gasteiger partial charge in [-0.15, -0.1) is 0 Å². The summed E-state index contributed by atoms with van der Waals surface area (Å²) in [6.07, 6.45) is 2.19. The predicted molar refractivity (Wildman–Crippen MR) is 188 cm³/mol. The Morgan fingerprint density at radius 2 is 1.64 bits per heavy atom. The van der Waals surface area contributed by atoms with Gasteiger partial charge in [-0.2, -0.15) is 0 Å². The molecule has 0 saturated carbocycles. The predicted octanol–water partition coefficient (Wildman–Crippen LogP) is 9.53. The van der Waals surface area contributed by atoms with E-state index in [1.165, 1.54) is 83.0 Å². The van der Waals surface area contributed by atoms with Crippen LogP contribution in [-0.2, 0) is 31.3 Å². The summed E-state index contributed by atoms with van der Waals surface area (Å²) in [5.74, 6) is 8.02. The monoisotopic (exact) mass is 841 g/mol. The smallest absolute Gasteiger partial charge is 0 e. The summed E-state index contributed by atoms with van der Waals surface area (Å²) in [6, 6.07) is 30.8. The van der Waals surface area contributed by atoms with Gasteiger partial charge in [-0.25, -0.2) is 0 Å². The van der Waals surface area contributed by atoms with Crippen LogP contribution in [0.5, 0.6) is 0 Å². The Morgan fingerprint density at radius 1 is 0.977 bits per heavy atom. The molecule has 0 spiro atoms. The van der Waals surface area contributed by atoms with Crippen molar-refractivity contribution in [3.63, 3.8) is 0 Å². The fourth-order valence-electron chi connectivity index (χ4n) is 5.83. The first-order valence-electron chi connectivity index (χ1n) is 14.8. The molecule has 6 rings (SSSR count). The second kappa shape index (κ2) is 13.6. The summed E-state index contributed by atoms with van der Waals surface area (Å²) in [5.41, 5.74) is 4.87. The zero-order valence-electron chi connectivity index (χ0n) is 26.5. The summed E-state index contributed by atoms with van der Waals surface area (Å²) in [6.45, 7) is 7.43. The molecule has 2 heterocycles. The third kappa shape index (κ3) is 6.97. The normalized spacial score (nSPS) is 12.0. The van der Waals surface area contributed by atoms with E-state index in [1.54, 1.807) is 0 Å². The van der Waals surface area contributed by atoms with Crippen LogP contribution in [0.4, 0.5) is 0 Å². The van der Waals surface area contributed by atoms with Crippen molar-refractivity contribution in [2.45, 2.75) is 51.4 Å². The van der Waals surface area contributed by atoms with E-state index in [-0.39, 0.29) is 31.6 Å². The Bertz CT molecular complexity index is 2030. The second-order valence-electron chi connectivity index (χ2n) is 12.8. The van der Waals surface area contributed by atoms with Crippen molar-refractivity contribution in [1.29, 1.82) is 0 Å². The molecule has 0 atom stereocenters. The molecule has 0 unspecified atom stereocenters. The Balaban J connectivity index is 0.000000497. The molecule has 0 amide bonds. The Kier molecular flexibility index (Phi) is 10.5. The maximum Gasteiger partial charge on any atom is 0 e. The minimum atomic E-state index is -2.28. The number of hydrogen-bond donors (Lipinski definition) is 1. The largest absolute Gasteiger partial charge is 0 e. The Hall–Kier alpha value is -2.96. The van der Waals surface area contributed by atoms with E-state index in [2.05, 4.69) is 122 Å². The molecule has 0 saturated heterocycles. The van der Waals surface area contributed by atoms with Gasteiger partial charge >= 0.3 is 222 Å². The van der Waals surface area contributed by atoms with E-state index in [0.717, 1.165) is 6.42 Å². The molecule has 229 valence electrons. The van der Waals surface area contributed by atoms with Crippen LogP contribution >= 0.6 is 11.3 Å². The van der Waals surface area contributed by atoms with Gasteiger partial charge in [-0.05, 0) is 13.8 Å². The van der Waals surface area contributed by atoms with Gasteiger partial charge in [0.2, 0.25) is 0 Å². The number of ketones is 1. The molecule has 1 N–H and O–H groups in total. The van der Waals surface area contributed by atoms with Crippen LogP contribution in [-0.4, -0.2) is 24.2 Å². The van der Waals surface area contributed by atoms with Gasteiger partial charge in [0.15, 0.2) is 5.78 Å². The molecule has 3 nitrogen and oxygen atoms in total. The number of benzene rings is 4. The Morgan fingerprint density at radius 3 is 2.25 bits per heavy atom. The number of allylic oxidation sites excluding steroid dienone is 2. The average molecular weight is 840 g/mol. The molecule has 44 heavy (non-hydrogen) atoms. The van der Waals surface area contributed by atoms with E-state index in [0.29, 0.717) is 5.92 Å². The molecule has 0 aliphatic heterocycles. The summed E-state index contributed by atoms with van der Waals surface area (Å²) < 4.78 is 6.36. The van der Waals surface area contributed by atoms with Gasteiger partial charge in [0.25, 0.3) is 0 Å². The van der Waals surface area contributed by atoms with Crippen LogP contribution in [0.15, 0.2) is 84.6 Å². The minimum Gasteiger partial charge on any atom is 0 e. The van der Waals surface area contributed by atoms with E-state index in [9.17, 15) is 4.79 Å². The molecule has 0 bridgehead atoms. The SMILES string of the molecule is CC(=O)/C=C(/C)O.[CH2-][n+]1c(-c2[c-]c(CC(C)C)cc3c2sc2ccccc23)c[c]([Ge]([CH3])([CH3])[CH3])c2c3ccccc3ccc21.[Ir]. The third-order valence-electron chi connectivity index (χ3n) is 7.61. The molecular weight excluding hydrogens is 799 g/mol. The van der Waals surface area contributed by atoms with Crippen molar-refractivity contribution < 1.29 is 34.6 Å². The number of aliphatic hydroxyl groups excluding tert-OH is 1. The van der Waals surface area contributed by atoms with Crippen molar-refractivity contribution in [1.82, 2.24) is 0 Å². The molecule has 0 aliphatic rings. The van der Waals surface area contributed by atoms with E-state index in [1.807, 2.05) is 11.3 Å². The molecule has 1 radical (unpaired) electrons. The molecular formula is C38H40GeIrNO2S-. The van der Waals surface area contributed by atoms with Crippen molar-refractivity contribution in [3.8, 4) is 11.3 Å². The van der Waals surface area contributed by atoms with Crippen LogP contribution in [0.3, 0.4) is 0 Å². The summed E-state index contributed by atoms with van der Waals surface area (Å²) in [4.78, 5) is 10.0. The van der Waals surface area contributed by atoms with Gasteiger partial charge in [0, 0.05) is 26.2 Å². The van der Waals surface area contributed by atoms with Crippen molar-refractivity contribution in [2.24, 2.45) is 5.92 Å². The zero-order valence-corrected chi connectivity index (χ0v) is 31.9. The number of rotatable bonds is 5. The van der Waals surface area contributed by atoms with Crippen molar-refractivity contribution in [2.75, 3.05) is 0 Å². The molecule has 0 fully saturated rings. The number of carbonyl (C=O) groups excluding carboxylic acids is 1. The van der Waals surface area contributed by atoms with Crippen molar-refractivity contribution >= 4 is 76.6 Å². The first-order chi connectivity index (χ1) is 20.3. The van der Waals surface area contributed by atoms with E-state index in [4.69, 9.17) is 5.11 Å². The third-order valence-corrected chi connectivity index (χ3v) is 13.0. The zero-order chi connectivity index (χ0) is 31.1. The van der Waals surface area contributed by atoms with Crippen LogP contribution in [0.1, 0.15) is 33.3 Å². The number of carbonyl (C=O) groups is 1. The maximum atomic E-state index is 10.0. The van der Waals surface area contributed by atoms with Gasteiger partial charge < -0.3 is 5.11 Å². The van der Waals surface area contributed by atoms with Crippen LogP contribution in [0.2, 0.25) is 17.3 Å². The van der Waals surface area contributed by atoms with E-state index >= 15 is 0 Å². The minimum absolute atomic E-state index is 0.